The van der Waals surface area contributed by atoms with Crippen LogP contribution >= 0.6 is 11.8 Å². The maximum Gasteiger partial charge on any atom is 0.334 e. The number of benzene rings is 1. The fourth-order valence-electron chi connectivity index (χ4n) is 1.50. The summed E-state index contributed by atoms with van der Waals surface area (Å²) in [6, 6.07) is 7.57. The van der Waals surface area contributed by atoms with Crippen molar-refractivity contribution >= 4 is 23.6 Å². The minimum absolute atomic E-state index is 0.0299. The van der Waals surface area contributed by atoms with E-state index in [4.69, 9.17) is 14.6 Å². The van der Waals surface area contributed by atoms with E-state index >= 15 is 0 Å². The number of carbonyl (C=O) groups is 2. The molecule has 0 bridgehead atoms. The molecule has 2 N–H and O–H groups in total. The van der Waals surface area contributed by atoms with Gasteiger partial charge < -0.3 is 19.9 Å². The number of carboxylic acid groups (broad SMARTS) is 1. The lowest BCUT2D eigenvalue weighted by atomic mass is 10.3. The minimum atomic E-state index is -1.09. The molecule has 1 aromatic rings. The Kier molecular flexibility index (Phi) is 7.63. The number of nitrogens with one attached hydrogen (secondary N) is 1. The van der Waals surface area contributed by atoms with Crippen LogP contribution in [0.2, 0.25) is 0 Å². The standard InChI is InChI=1S/C14H19NO5S/c1-19-10-3-5-11(6-4-10)21-8-7-13(16)15-9-12(20-2)14(17)18/h3-6,12H,7-9H2,1-2H3,(H,15,16)(H,17,18). The van der Waals surface area contributed by atoms with Crippen molar-refractivity contribution in [1.29, 1.82) is 0 Å². The van der Waals surface area contributed by atoms with Gasteiger partial charge in [0.05, 0.1) is 13.7 Å². The summed E-state index contributed by atoms with van der Waals surface area (Å²) in [7, 11) is 2.90. The van der Waals surface area contributed by atoms with Crippen LogP contribution in [-0.4, -0.2) is 49.6 Å². The maximum absolute atomic E-state index is 11.6. The van der Waals surface area contributed by atoms with Gasteiger partial charge in [0.2, 0.25) is 5.91 Å². The summed E-state index contributed by atoms with van der Waals surface area (Å²) in [6.45, 7) is -0.0299. The molecular formula is C14H19NO5S. The molecule has 1 amide bonds. The van der Waals surface area contributed by atoms with Gasteiger partial charge in [0.15, 0.2) is 6.10 Å². The Labute approximate surface area is 127 Å². The lowest BCUT2D eigenvalue weighted by Gasteiger charge is -2.11. The number of ether oxygens (including phenoxy) is 2. The van der Waals surface area contributed by atoms with E-state index in [9.17, 15) is 9.59 Å². The van der Waals surface area contributed by atoms with Gasteiger partial charge in [-0.3, -0.25) is 4.79 Å². The Morgan fingerprint density at radius 3 is 2.48 bits per heavy atom. The SMILES string of the molecule is COc1ccc(SCCC(=O)NCC(OC)C(=O)O)cc1. The number of aliphatic carboxylic acids is 1. The molecule has 0 saturated carbocycles. The molecular weight excluding hydrogens is 294 g/mol. The summed E-state index contributed by atoms with van der Waals surface area (Å²) in [5.41, 5.74) is 0. The highest BCUT2D eigenvalue weighted by Crippen LogP contribution is 2.21. The normalized spacial score (nSPS) is 11.7. The second-order valence-electron chi connectivity index (χ2n) is 4.14. The van der Waals surface area contributed by atoms with Crippen LogP contribution in [0.15, 0.2) is 29.2 Å². The number of thioether (sulfide) groups is 1. The Morgan fingerprint density at radius 2 is 1.95 bits per heavy atom. The van der Waals surface area contributed by atoms with Gasteiger partial charge in [-0.05, 0) is 24.3 Å². The van der Waals surface area contributed by atoms with Crippen molar-refractivity contribution in [3.05, 3.63) is 24.3 Å². The summed E-state index contributed by atoms with van der Waals surface area (Å²) < 4.78 is 9.79. The molecule has 1 rings (SSSR count). The number of hydrogen-bond donors (Lipinski definition) is 2. The maximum atomic E-state index is 11.6. The van der Waals surface area contributed by atoms with Crippen molar-refractivity contribution in [1.82, 2.24) is 5.32 Å². The monoisotopic (exact) mass is 313 g/mol. The van der Waals surface area contributed by atoms with Gasteiger partial charge in [-0.2, -0.15) is 0 Å². The van der Waals surface area contributed by atoms with Crippen molar-refractivity contribution in [2.24, 2.45) is 0 Å². The van der Waals surface area contributed by atoms with Crippen LogP contribution in [0.5, 0.6) is 5.75 Å². The summed E-state index contributed by atoms with van der Waals surface area (Å²) in [5.74, 6) is 0.115. The van der Waals surface area contributed by atoms with E-state index in [0.717, 1.165) is 10.6 Å². The molecule has 116 valence electrons. The van der Waals surface area contributed by atoms with E-state index in [1.54, 1.807) is 18.9 Å². The molecule has 0 aliphatic rings. The number of carboxylic acids is 1. The van der Waals surface area contributed by atoms with Gasteiger partial charge in [0, 0.05) is 24.2 Å². The molecule has 0 aliphatic carbocycles. The number of carbonyl (C=O) groups excluding carboxylic acids is 1. The van der Waals surface area contributed by atoms with Gasteiger partial charge in [-0.25, -0.2) is 4.79 Å². The van der Waals surface area contributed by atoms with Crippen LogP contribution in [0.1, 0.15) is 6.42 Å². The van der Waals surface area contributed by atoms with Gasteiger partial charge in [-0.15, -0.1) is 11.8 Å². The van der Waals surface area contributed by atoms with Crippen molar-refractivity contribution in [3.8, 4) is 5.75 Å². The summed E-state index contributed by atoms with van der Waals surface area (Å²) in [5, 5.41) is 11.3. The lowest BCUT2D eigenvalue weighted by Crippen LogP contribution is -2.37. The molecule has 6 nitrogen and oxygen atoms in total. The zero-order valence-corrected chi connectivity index (χ0v) is 12.8. The van der Waals surface area contributed by atoms with E-state index in [1.165, 1.54) is 7.11 Å². The first-order valence-corrected chi connectivity index (χ1v) is 7.34. The van der Waals surface area contributed by atoms with Crippen LogP contribution in [0.4, 0.5) is 0 Å². The Bertz CT molecular complexity index is 463. The van der Waals surface area contributed by atoms with Gasteiger partial charge in [0.25, 0.3) is 0 Å². The quantitative estimate of drug-likeness (QED) is 0.670. The first kappa shape index (κ1) is 17.3. The minimum Gasteiger partial charge on any atom is -0.497 e. The summed E-state index contributed by atoms with van der Waals surface area (Å²) in [6.07, 6.45) is -0.699. The molecule has 1 atom stereocenters. The average molecular weight is 313 g/mol. The molecule has 0 heterocycles. The highest BCUT2D eigenvalue weighted by molar-refractivity contribution is 7.99. The largest absolute Gasteiger partial charge is 0.497 e. The molecule has 0 fully saturated rings. The third-order valence-corrected chi connectivity index (χ3v) is 3.72. The van der Waals surface area contributed by atoms with Crippen LogP contribution in [-0.2, 0) is 14.3 Å². The number of methoxy groups -OCH3 is 2. The molecule has 1 aromatic carbocycles. The zero-order valence-electron chi connectivity index (χ0n) is 12.0. The van der Waals surface area contributed by atoms with Gasteiger partial charge >= 0.3 is 5.97 Å². The predicted molar refractivity (Wildman–Crippen MR) is 79.8 cm³/mol. The average Bonchev–Trinajstić information content (AvgIpc) is 2.48. The first-order valence-electron chi connectivity index (χ1n) is 6.36. The molecule has 0 saturated heterocycles. The van der Waals surface area contributed by atoms with Crippen LogP contribution in [0.3, 0.4) is 0 Å². The van der Waals surface area contributed by atoms with Gasteiger partial charge in [-0.1, -0.05) is 0 Å². The molecule has 21 heavy (non-hydrogen) atoms. The fraction of sp³-hybridized carbons (Fsp3) is 0.429. The highest BCUT2D eigenvalue weighted by atomic mass is 32.2. The van der Waals surface area contributed by atoms with E-state index < -0.39 is 12.1 Å². The second-order valence-corrected chi connectivity index (χ2v) is 5.31. The number of rotatable bonds is 9. The smallest absolute Gasteiger partial charge is 0.334 e. The first-order chi connectivity index (χ1) is 10.1. The summed E-state index contributed by atoms with van der Waals surface area (Å²) in [4.78, 5) is 23.3. The van der Waals surface area contributed by atoms with E-state index in [2.05, 4.69) is 5.32 Å². The third-order valence-electron chi connectivity index (χ3n) is 2.70. The van der Waals surface area contributed by atoms with E-state index in [0.29, 0.717) is 12.2 Å². The highest BCUT2D eigenvalue weighted by Gasteiger charge is 2.16. The molecule has 0 aliphatic heterocycles. The van der Waals surface area contributed by atoms with Crippen molar-refractivity contribution in [3.63, 3.8) is 0 Å². The van der Waals surface area contributed by atoms with Crippen LogP contribution < -0.4 is 10.1 Å². The predicted octanol–water partition coefficient (Wildman–Crippen LogP) is 1.39. The molecule has 7 heteroatoms. The Hall–Kier alpha value is -1.73. The topological polar surface area (TPSA) is 84.9 Å². The van der Waals surface area contributed by atoms with E-state index in [1.807, 2.05) is 24.3 Å². The summed E-state index contributed by atoms with van der Waals surface area (Å²) >= 11 is 1.55. The second kappa shape index (κ2) is 9.25. The molecule has 0 spiro atoms. The van der Waals surface area contributed by atoms with Crippen molar-refractivity contribution in [2.75, 3.05) is 26.5 Å². The molecule has 0 radical (unpaired) electrons. The Morgan fingerprint density at radius 1 is 1.29 bits per heavy atom. The third kappa shape index (κ3) is 6.50. The molecule has 1 unspecified atom stereocenters. The Balaban J connectivity index is 2.25. The van der Waals surface area contributed by atoms with Crippen LogP contribution in [0.25, 0.3) is 0 Å². The fourth-order valence-corrected chi connectivity index (χ4v) is 2.35. The zero-order chi connectivity index (χ0) is 15.7. The van der Waals surface area contributed by atoms with Crippen molar-refractivity contribution < 1.29 is 24.2 Å². The van der Waals surface area contributed by atoms with Crippen molar-refractivity contribution in [2.45, 2.75) is 17.4 Å². The van der Waals surface area contributed by atoms with Crippen LogP contribution in [0, 0.1) is 0 Å². The van der Waals surface area contributed by atoms with Gasteiger partial charge in [0.1, 0.15) is 5.75 Å². The van der Waals surface area contributed by atoms with E-state index in [-0.39, 0.29) is 12.5 Å². The number of hydrogen-bond acceptors (Lipinski definition) is 5. The number of amides is 1. The molecule has 0 aromatic heterocycles. The lowest BCUT2D eigenvalue weighted by molar-refractivity contribution is -0.148.